The summed E-state index contributed by atoms with van der Waals surface area (Å²) in [6.45, 7) is 13.5. The van der Waals surface area contributed by atoms with Gasteiger partial charge in [-0.2, -0.15) is 0 Å². The predicted octanol–water partition coefficient (Wildman–Crippen LogP) is 3.57. The van der Waals surface area contributed by atoms with Crippen molar-refractivity contribution in [2.24, 2.45) is 0 Å². The van der Waals surface area contributed by atoms with Gasteiger partial charge in [0.05, 0.1) is 0 Å². The molecule has 0 spiro atoms. The van der Waals surface area contributed by atoms with Crippen LogP contribution in [0.25, 0.3) is 0 Å². The first-order valence-corrected chi connectivity index (χ1v) is 12.5. The Morgan fingerprint density at radius 1 is 0.526 bits per heavy atom. The van der Waals surface area contributed by atoms with Gasteiger partial charge in [0.25, 0.3) is 0 Å². The van der Waals surface area contributed by atoms with Crippen molar-refractivity contribution in [3.8, 4) is 0 Å². The van der Waals surface area contributed by atoms with Gasteiger partial charge in [0.1, 0.15) is 0 Å². The van der Waals surface area contributed by atoms with Gasteiger partial charge in [-0.3, -0.25) is 0 Å². The van der Waals surface area contributed by atoms with Crippen LogP contribution in [0.15, 0.2) is 24.3 Å². The molecule has 0 aromatic heterocycles. The predicted molar refractivity (Wildman–Crippen MR) is 80.6 cm³/mol. The minimum atomic E-state index is -1.24. The van der Waals surface area contributed by atoms with Gasteiger partial charge in [0, 0.05) is 0 Å². The molecule has 2 aromatic carbocycles. The van der Waals surface area contributed by atoms with Crippen LogP contribution >= 0.6 is 0 Å². The second-order valence-electron chi connectivity index (χ2n) is 5.93. The van der Waals surface area contributed by atoms with Crippen molar-refractivity contribution in [1.82, 2.24) is 0 Å². The molecule has 0 aliphatic carbocycles. The first-order valence-electron chi connectivity index (χ1n) is 7.02. The molecule has 0 saturated heterocycles. The number of benzene rings is 2. The molecule has 0 nitrogen and oxygen atoms in total. The van der Waals surface area contributed by atoms with Crippen LogP contribution in [0.5, 0.6) is 0 Å². The summed E-state index contributed by atoms with van der Waals surface area (Å²) in [5.74, 6) is 0. The maximum absolute atomic E-state index is 2.35. The average Bonchev–Trinajstić information content (AvgIpc) is 2.25. The fraction of sp³-hybridized carbons (Fsp3) is 0.333. The summed E-state index contributed by atoms with van der Waals surface area (Å²) >= 11 is -1.24. The number of aryl methyl sites for hydroxylation is 6. The van der Waals surface area contributed by atoms with Gasteiger partial charge in [0.2, 0.25) is 0 Å². The van der Waals surface area contributed by atoms with Crippen LogP contribution in [0.3, 0.4) is 0 Å². The maximum atomic E-state index is 2.35. The summed E-state index contributed by atoms with van der Waals surface area (Å²) in [4.78, 5) is 0. The molecular formula is C18H22Hg. The molecule has 2 rings (SSSR count). The van der Waals surface area contributed by atoms with Gasteiger partial charge in [0.15, 0.2) is 0 Å². The van der Waals surface area contributed by atoms with E-state index >= 15 is 0 Å². The van der Waals surface area contributed by atoms with E-state index in [1.54, 1.807) is 6.14 Å². The van der Waals surface area contributed by atoms with Crippen LogP contribution in [0.1, 0.15) is 33.4 Å². The molecule has 2 aromatic rings. The fourth-order valence-corrected chi connectivity index (χ4v) is 10.5. The third-order valence-corrected chi connectivity index (χ3v) is 15.5. The number of hydrogen-bond donors (Lipinski definition) is 0. The van der Waals surface area contributed by atoms with Crippen molar-refractivity contribution in [2.45, 2.75) is 41.5 Å². The first kappa shape index (κ1) is 14.8. The molecule has 0 bridgehead atoms. The van der Waals surface area contributed by atoms with Crippen LogP contribution in [0.2, 0.25) is 0 Å². The summed E-state index contributed by atoms with van der Waals surface area (Å²) in [5.41, 5.74) is 8.84. The van der Waals surface area contributed by atoms with E-state index < -0.39 is 24.6 Å². The van der Waals surface area contributed by atoms with Gasteiger partial charge in [-0.1, -0.05) is 0 Å². The van der Waals surface area contributed by atoms with Crippen LogP contribution in [-0.4, -0.2) is 0 Å². The summed E-state index contributed by atoms with van der Waals surface area (Å²) in [7, 11) is 0. The molecule has 19 heavy (non-hydrogen) atoms. The molecule has 0 N–H and O–H groups in total. The van der Waals surface area contributed by atoms with Crippen molar-refractivity contribution in [2.75, 3.05) is 0 Å². The molecule has 0 amide bonds. The summed E-state index contributed by atoms with van der Waals surface area (Å²) in [6, 6.07) is 9.39. The van der Waals surface area contributed by atoms with Crippen molar-refractivity contribution in [3.05, 3.63) is 57.6 Å². The molecule has 96 valence electrons. The van der Waals surface area contributed by atoms with Crippen molar-refractivity contribution in [1.29, 1.82) is 0 Å². The summed E-state index contributed by atoms with van der Waals surface area (Å²) in [6.07, 6.45) is 0. The average molecular weight is 439 g/mol. The molecule has 0 aliphatic rings. The van der Waals surface area contributed by atoms with Gasteiger partial charge in [-0.15, -0.1) is 0 Å². The third kappa shape index (κ3) is 3.28. The van der Waals surface area contributed by atoms with Crippen LogP contribution in [-0.2, 0) is 24.6 Å². The zero-order valence-electron chi connectivity index (χ0n) is 13.0. The van der Waals surface area contributed by atoms with E-state index in [-0.39, 0.29) is 0 Å². The molecule has 0 fully saturated rings. The van der Waals surface area contributed by atoms with Gasteiger partial charge < -0.3 is 0 Å². The van der Waals surface area contributed by atoms with E-state index in [1.165, 1.54) is 33.4 Å². The minimum absolute atomic E-state index is 1.24. The van der Waals surface area contributed by atoms with Crippen molar-refractivity contribution < 1.29 is 24.6 Å². The van der Waals surface area contributed by atoms with E-state index in [9.17, 15) is 0 Å². The quantitative estimate of drug-likeness (QED) is 0.629. The van der Waals surface area contributed by atoms with Gasteiger partial charge >= 0.3 is 130 Å². The molecule has 0 heterocycles. The molecule has 0 radical (unpaired) electrons. The molecule has 0 atom stereocenters. The standard InChI is InChI=1S/2C9H11.Hg/c2*1-7-4-8(2)6-9(3)5-7;/h2*4-5H,1-3H3;. The SMILES string of the molecule is Cc1cc(C)[c]([Hg][c]2c(C)cc(C)cc2C)c(C)c1. The van der Waals surface area contributed by atoms with Gasteiger partial charge in [-0.25, -0.2) is 0 Å². The molecule has 0 aliphatic heterocycles. The Morgan fingerprint density at radius 3 is 1.05 bits per heavy atom. The Labute approximate surface area is 129 Å². The summed E-state index contributed by atoms with van der Waals surface area (Å²) < 4.78 is 3.42. The van der Waals surface area contributed by atoms with Crippen molar-refractivity contribution in [3.63, 3.8) is 0 Å². The number of rotatable bonds is 2. The van der Waals surface area contributed by atoms with Crippen molar-refractivity contribution >= 4 is 6.14 Å². The fourth-order valence-electron chi connectivity index (χ4n) is 3.15. The molecule has 0 unspecified atom stereocenters. The topological polar surface area (TPSA) is 0 Å². The third-order valence-electron chi connectivity index (χ3n) is 4.03. The summed E-state index contributed by atoms with van der Waals surface area (Å²) in [5, 5.41) is 0. The Bertz CT molecular complexity index is 522. The van der Waals surface area contributed by atoms with Crippen LogP contribution in [0, 0.1) is 41.5 Å². The van der Waals surface area contributed by atoms with Crippen LogP contribution < -0.4 is 6.14 Å². The Hall–Kier alpha value is -0.625. The normalized spacial score (nSPS) is 10.4. The van der Waals surface area contributed by atoms with E-state index in [1.807, 2.05) is 0 Å². The van der Waals surface area contributed by atoms with Gasteiger partial charge in [-0.05, 0) is 0 Å². The zero-order chi connectivity index (χ0) is 14.2. The second kappa shape index (κ2) is 5.79. The first-order chi connectivity index (χ1) is 8.88. The second-order valence-corrected chi connectivity index (χ2v) is 12.8. The zero-order valence-corrected chi connectivity index (χ0v) is 18.5. The molecular weight excluding hydrogens is 417 g/mol. The monoisotopic (exact) mass is 440 g/mol. The molecule has 1 heteroatoms. The van der Waals surface area contributed by atoms with E-state index in [0.717, 1.165) is 0 Å². The Kier molecular flexibility index (Phi) is 4.50. The van der Waals surface area contributed by atoms with E-state index in [0.29, 0.717) is 0 Å². The Morgan fingerprint density at radius 2 is 0.789 bits per heavy atom. The number of hydrogen-bond acceptors (Lipinski definition) is 0. The van der Waals surface area contributed by atoms with E-state index in [4.69, 9.17) is 0 Å². The Balaban J connectivity index is 2.48. The van der Waals surface area contributed by atoms with Crippen LogP contribution in [0.4, 0.5) is 0 Å². The molecule has 0 saturated carbocycles. The van der Waals surface area contributed by atoms with E-state index in [2.05, 4.69) is 65.8 Å².